The lowest BCUT2D eigenvalue weighted by Crippen LogP contribution is -2.57. The predicted molar refractivity (Wildman–Crippen MR) is 152 cm³/mol. The van der Waals surface area contributed by atoms with Gasteiger partial charge in [-0.1, -0.05) is 12.1 Å². The molecule has 11 nitrogen and oxygen atoms in total. The molecule has 4 heterocycles. The fourth-order valence-electron chi connectivity index (χ4n) is 5.46. The molecule has 3 aromatic heterocycles. The number of nitrogens with one attached hydrogen (secondary N) is 1. The monoisotopic (exact) mass is 584 g/mol. The summed E-state index contributed by atoms with van der Waals surface area (Å²) in [6.07, 6.45) is 6.58. The third kappa shape index (κ3) is 5.47. The van der Waals surface area contributed by atoms with E-state index in [1.165, 1.54) is 33.6 Å². The second kappa shape index (κ2) is 11.1. The van der Waals surface area contributed by atoms with Gasteiger partial charge in [0.25, 0.3) is 5.91 Å². The van der Waals surface area contributed by atoms with Crippen molar-refractivity contribution in [2.45, 2.75) is 18.4 Å². The molecule has 0 unspecified atom stereocenters. The molecule has 1 aliphatic heterocycles. The Kier molecular flexibility index (Phi) is 7.21. The maximum Gasteiger partial charge on any atom is 0.387 e. The van der Waals surface area contributed by atoms with Gasteiger partial charge in [-0.2, -0.15) is 24.2 Å². The molecule has 0 spiro atoms. The molecule has 218 valence electrons. The van der Waals surface area contributed by atoms with Gasteiger partial charge in [0.15, 0.2) is 5.65 Å². The number of carbonyl (C=O) groups excluding carboxylic acids is 1. The van der Waals surface area contributed by atoms with Gasteiger partial charge in [-0.05, 0) is 49.0 Å². The van der Waals surface area contributed by atoms with Crippen LogP contribution in [0.4, 0.5) is 14.5 Å². The summed E-state index contributed by atoms with van der Waals surface area (Å²) in [7, 11) is 3.66. The first-order chi connectivity index (χ1) is 20.7. The van der Waals surface area contributed by atoms with E-state index in [1.807, 2.05) is 31.3 Å². The number of ether oxygens (including phenoxy) is 2. The average Bonchev–Trinajstić information content (AvgIpc) is 3.56. The van der Waals surface area contributed by atoms with Crippen LogP contribution in [0.1, 0.15) is 22.3 Å². The van der Waals surface area contributed by atoms with Crippen molar-refractivity contribution in [3.63, 3.8) is 0 Å². The number of anilines is 1. The summed E-state index contributed by atoms with van der Waals surface area (Å²) < 4.78 is 40.5. The van der Waals surface area contributed by atoms with Gasteiger partial charge >= 0.3 is 6.61 Å². The van der Waals surface area contributed by atoms with Crippen molar-refractivity contribution in [1.82, 2.24) is 29.3 Å². The van der Waals surface area contributed by atoms with Crippen LogP contribution in [-0.4, -0.2) is 61.9 Å². The number of likely N-dealkylation sites (N-methyl/N-ethyl adjacent to an activating group) is 1. The normalized spacial score (nSPS) is 14.3. The van der Waals surface area contributed by atoms with Crippen LogP contribution in [0.3, 0.4) is 0 Å². The molecule has 0 bridgehead atoms. The number of rotatable bonds is 9. The number of benzene rings is 2. The number of hydrogen-bond donors (Lipinski definition) is 1. The van der Waals surface area contributed by atoms with E-state index in [0.717, 1.165) is 18.7 Å². The molecule has 1 amide bonds. The van der Waals surface area contributed by atoms with E-state index in [9.17, 15) is 18.8 Å². The summed E-state index contributed by atoms with van der Waals surface area (Å²) in [4.78, 5) is 19.6. The van der Waals surface area contributed by atoms with Crippen molar-refractivity contribution in [3.05, 3.63) is 84.4 Å². The van der Waals surface area contributed by atoms with E-state index in [0.29, 0.717) is 23.6 Å². The van der Waals surface area contributed by atoms with Crippen molar-refractivity contribution >= 4 is 17.2 Å². The zero-order chi connectivity index (χ0) is 30.1. The highest BCUT2D eigenvalue weighted by Gasteiger charge is 2.42. The summed E-state index contributed by atoms with van der Waals surface area (Å²) in [6.45, 7) is -1.49. The zero-order valence-corrected chi connectivity index (χ0v) is 23.2. The molecule has 1 aliphatic rings. The largest absolute Gasteiger partial charge is 0.457 e. The second-order valence-electron chi connectivity index (χ2n) is 10.4. The van der Waals surface area contributed by atoms with E-state index >= 15 is 0 Å². The van der Waals surface area contributed by atoms with Gasteiger partial charge in [0.05, 0.1) is 23.5 Å². The number of carbonyl (C=O) groups is 1. The molecule has 2 aromatic carbocycles. The van der Waals surface area contributed by atoms with Gasteiger partial charge in [0, 0.05) is 50.6 Å². The molecule has 0 atom stereocenters. The lowest BCUT2D eigenvalue weighted by Gasteiger charge is -2.48. The van der Waals surface area contributed by atoms with Crippen LogP contribution in [-0.2, 0) is 12.5 Å². The van der Waals surface area contributed by atoms with Gasteiger partial charge < -0.3 is 19.7 Å². The van der Waals surface area contributed by atoms with Crippen LogP contribution in [0.2, 0.25) is 0 Å². The Bertz CT molecular complexity index is 1840. The van der Waals surface area contributed by atoms with Crippen LogP contribution in [0.15, 0.2) is 73.3 Å². The molecular formula is C30H26F2N8O3. The van der Waals surface area contributed by atoms with E-state index in [1.54, 1.807) is 31.7 Å². The molecule has 5 aromatic rings. The SMILES string of the molecule is CN1CC(CC#N)(c2ccc(Oc3ccc(OC(F)F)c(-c4nn(C)cc4NC(=O)c4cnn5cccnc45)c3)cc2)C1. The fraction of sp³-hybridized carbons (Fsp3) is 0.233. The molecule has 1 N–H and O–H groups in total. The van der Waals surface area contributed by atoms with Crippen molar-refractivity contribution < 1.29 is 23.0 Å². The van der Waals surface area contributed by atoms with Gasteiger partial charge in [-0.3, -0.25) is 9.48 Å². The maximum atomic E-state index is 13.4. The highest BCUT2D eigenvalue weighted by atomic mass is 19.3. The standard InChI is InChI=1S/C30H26F2N8O3/c1-38-17-30(18-38,10-11-33)19-4-6-20(7-5-19)42-21-8-9-25(43-29(31)32)22(14-21)26-24(16-39(2)37-26)36-28(41)23-15-35-40-13-3-12-34-27(23)40/h3-9,12-16,29H,10,17-18H2,1-2H3,(H,36,41). The first-order valence-electron chi connectivity index (χ1n) is 13.3. The number of halogens is 2. The highest BCUT2D eigenvalue weighted by molar-refractivity contribution is 6.09. The van der Waals surface area contributed by atoms with Crippen LogP contribution < -0.4 is 14.8 Å². The van der Waals surface area contributed by atoms with Crippen molar-refractivity contribution in [2.24, 2.45) is 7.05 Å². The molecule has 6 rings (SSSR count). The summed E-state index contributed by atoms with van der Waals surface area (Å²) in [6, 6.07) is 15.9. The number of likely N-dealkylation sites (tertiary alicyclic amines) is 1. The van der Waals surface area contributed by atoms with Crippen molar-refractivity contribution in [1.29, 1.82) is 5.26 Å². The first kappa shape index (κ1) is 27.8. The number of aryl methyl sites for hydroxylation is 1. The number of nitrogens with zero attached hydrogens (tertiary/aromatic N) is 7. The highest BCUT2D eigenvalue weighted by Crippen LogP contribution is 2.40. The Labute approximate surface area is 244 Å². The Balaban J connectivity index is 1.29. The Morgan fingerprint density at radius 2 is 1.93 bits per heavy atom. The van der Waals surface area contributed by atoms with Gasteiger partial charge in [-0.25, -0.2) is 9.50 Å². The minimum absolute atomic E-state index is 0.142. The van der Waals surface area contributed by atoms with Crippen LogP contribution in [0.5, 0.6) is 17.2 Å². The number of alkyl halides is 2. The Morgan fingerprint density at radius 1 is 1.16 bits per heavy atom. The summed E-state index contributed by atoms with van der Waals surface area (Å²) in [5.74, 6) is 0.220. The van der Waals surface area contributed by atoms with E-state index < -0.39 is 12.5 Å². The first-order valence-corrected chi connectivity index (χ1v) is 13.3. The molecular weight excluding hydrogens is 558 g/mol. The molecule has 1 fully saturated rings. The molecule has 1 saturated heterocycles. The van der Waals surface area contributed by atoms with E-state index in [4.69, 9.17) is 9.47 Å². The molecule has 43 heavy (non-hydrogen) atoms. The van der Waals surface area contributed by atoms with Crippen molar-refractivity contribution in [3.8, 4) is 34.6 Å². The number of fused-ring (bicyclic) bond motifs is 1. The van der Waals surface area contributed by atoms with Gasteiger partial charge in [-0.15, -0.1) is 0 Å². The minimum atomic E-state index is -3.09. The Hall–Kier alpha value is -5.35. The molecule has 0 saturated carbocycles. The summed E-state index contributed by atoms with van der Waals surface area (Å²) in [5, 5.41) is 20.7. The Morgan fingerprint density at radius 3 is 2.65 bits per heavy atom. The van der Waals surface area contributed by atoms with E-state index in [2.05, 4.69) is 31.5 Å². The summed E-state index contributed by atoms with van der Waals surface area (Å²) >= 11 is 0. The van der Waals surface area contributed by atoms with E-state index in [-0.39, 0.29) is 33.7 Å². The lowest BCUT2D eigenvalue weighted by atomic mass is 9.72. The lowest BCUT2D eigenvalue weighted by molar-refractivity contribution is -0.0494. The number of aromatic nitrogens is 5. The van der Waals surface area contributed by atoms with Crippen molar-refractivity contribution in [2.75, 3.05) is 25.5 Å². The predicted octanol–water partition coefficient (Wildman–Crippen LogP) is 4.87. The molecule has 0 radical (unpaired) electrons. The summed E-state index contributed by atoms with van der Waals surface area (Å²) in [5.41, 5.74) is 2.08. The topological polar surface area (TPSA) is 123 Å². The maximum absolute atomic E-state index is 13.4. The molecule has 13 heteroatoms. The average molecular weight is 585 g/mol. The van der Waals surface area contributed by atoms with Crippen LogP contribution in [0, 0.1) is 11.3 Å². The quantitative estimate of drug-likeness (QED) is 0.260. The zero-order valence-electron chi connectivity index (χ0n) is 23.2. The van der Waals surface area contributed by atoms with Crippen LogP contribution in [0.25, 0.3) is 16.9 Å². The third-order valence-electron chi connectivity index (χ3n) is 7.29. The van der Waals surface area contributed by atoms with Gasteiger partial charge in [0.1, 0.15) is 28.5 Å². The third-order valence-corrected chi connectivity index (χ3v) is 7.29. The smallest absolute Gasteiger partial charge is 0.387 e. The fourth-order valence-corrected chi connectivity index (χ4v) is 5.46. The minimum Gasteiger partial charge on any atom is -0.457 e. The number of amides is 1. The molecule has 0 aliphatic carbocycles. The second-order valence-corrected chi connectivity index (χ2v) is 10.4. The van der Waals surface area contributed by atoms with Gasteiger partial charge in [0.2, 0.25) is 0 Å². The van der Waals surface area contributed by atoms with Crippen LogP contribution >= 0.6 is 0 Å². The number of hydrogen-bond acceptors (Lipinski definition) is 8. The number of nitriles is 1.